The molecular weight excluding hydrogens is 284 g/mol. The zero-order valence-corrected chi connectivity index (χ0v) is 11.7. The summed E-state index contributed by atoms with van der Waals surface area (Å²) in [6, 6.07) is -0.981. The van der Waals surface area contributed by atoms with Crippen molar-refractivity contribution >= 4 is 23.7 Å². The lowest BCUT2D eigenvalue weighted by Crippen LogP contribution is -2.55. The molecule has 0 heterocycles. The number of carbonyl (C=O) groups excluding carboxylic acids is 1. The lowest BCUT2D eigenvalue weighted by Gasteiger charge is -2.23. The Hall–Kier alpha value is -2.00. The van der Waals surface area contributed by atoms with E-state index in [0.29, 0.717) is 0 Å². The third-order valence-electron chi connectivity index (χ3n) is 3.15. The van der Waals surface area contributed by atoms with Gasteiger partial charge in [0, 0.05) is 12.8 Å². The van der Waals surface area contributed by atoms with Crippen LogP contribution in [0.3, 0.4) is 0 Å². The zero-order valence-electron chi connectivity index (χ0n) is 11.7. The van der Waals surface area contributed by atoms with Crippen LogP contribution in [0.4, 0.5) is 0 Å². The molecule has 0 saturated carbocycles. The number of rotatable bonds is 11. The van der Waals surface area contributed by atoms with Gasteiger partial charge < -0.3 is 26.4 Å². The van der Waals surface area contributed by atoms with E-state index in [2.05, 4.69) is 5.32 Å². The van der Waals surface area contributed by atoms with Crippen molar-refractivity contribution in [1.29, 1.82) is 0 Å². The zero-order chi connectivity index (χ0) is 16.6. The second-order valence-electron chi connectivity index (χ2n) is 4.67. The van der Waals surface area contributed by atoms with E-state index in [9.17, 15) is 19.2 Å². The van der Waals surface area contributed by atoms with Crippen molar-refractivity contribution in [3.63, 3.8) is 0 Å². The standard InChI is InChI=1S/C12H20N2O7/c1-14-7(10(18)19)4-5-8(15)12(13,11(20)21)6-2-3-9(16)17/h7,14H,2-6,13H2,1H3,(H,16,17)(H,18,19)(H,20,21). The molecule has 120 valence electrons. The Morgan fingerprint density at radius 2 is 1.71 bits per heavy atom. The number of nitrogens with one attached hydrogen (secondary N) is 1. The molecule has 0 aromatic heterocycles. The van der Waals surface area contributed by atoms with Gasteiger partial charge in [-0.05, 0) is 26.3 Å². The van der Waals surface area contributed by atoms with Crippen molar-refractivity contribution in [2.75, 3.05) is 7.05 Å². The minimum absolute atomic E-state index is 0.0573. The number of Topliss-reactive ketones (excluding diaryl/α,β-unsaturated/α-hetero) is 1. The molecule has 9 heteroatoms. The summed E-state index contributed by atoms with van der Waals surface area (Å²) in [5.74, 6) is -4.64. The monoisotopic (exact) mass is 304 g/mol. The van der Waals surface area contributed by atoms with Crippen molar-refractivity contribution in [3.05, 3.63) is 0 Å². The molecule has 9 nitrogen and oxygen atoms in total. The molecule has 0 saturated heterocycles. The van der Waals surface area contributed by atoms with Gasteiger partial charge in [0.05, 0.1) is 0 Å². The van der Waals surface area contributed by atoms with Crippen LogP contribution in [-0.2, 0) is 19.2 Å². The normalized spacial score (nSPS) is 15.0. The summed E-state index contributed by atoms with van der Waals surface area (Å²) in [6.07, 6.45) is -1.10. The second kappa shape index (κ2) is 8.32. The summed E-state index contributed by atoms with van der Waals surface area (Å²) in [7, 11) is 1.41. The quantitative estimate of drug-likeness (QED) is 0.302. The van der Waals surface area contributed by atoms with Crippen molar-refractivity contribution in [3.8, 4) is 0 Å². The molecule has 0 aliphatic heterocycles. The van der Waals surface area contributed by atoms with E-state index in [1.807, 2.05) is 0 Å². The molecule has 0 amide bonds. The first kappa shape index (κ1) is 19.0. The molecule has 0 bridgehead atoms. The SMILES string of the molecule is CNC(CCC(=O)C(N)(CCCC(=O)O)C(=O)O)C(=O)O. The number of hydrogen-bond donors (Lipinski definition) is 5. The highest BCUT2D eigenvalue weighted by molar-refractivity contribution is 6.07. The lowest BCUT2D eigenvalue weighted by atomic mass is 9.86. The summed E-state index contributed by atoms with van der Waals surface area (Å²) >= 11 is 0. The first-order valence-electron chi connectivity index (χ1n) is 6.32. The third-order valence-corrected chi connectivity index (χ3v) is 3.15. The van der Waals surface area contributed by atoms with Crippen LogP contribution in [0.2, 0.25) is 0 Å². The fourth-order valence-corrected chi connectivity index (χ4v) is 1.77. The van der Waals surface area contributed by atoms with Crippen LogP contribution >= 0.6 is 0 Å². The number of hydrogen-bond acceptors (Lipinski definition) is 6. The maximum absolute atomic E-state index is 12.0. The first-order valence-corrected chi connectivity index (χ1v) is 6.32. The molecule has 0 rings (SSSR count). The maximum atomic E-state index is 12.0. The van der Waals surface area contributed by atoms with Crippen LogP contribution in [-0.4, -0.2) is 57.6 Å². The van der Waals surface area contributed by atoms with Crippen molar-refractivity contribution in [1.82, 2.24) is 5.32 Å². The Kier molecular flexibility index (Phi) is 7.53. The predicted octanol–water partition coefficient (Wildman–Crippen LogP) is -0.955. The molecule has 0 spiro atoms. The number of nitrogens with two attached hydrogens (primary N) is 1. The van der Waals surface area contributed by atoms with Gasteiger partial charge in [0.2, 0.25) is 0 Å². The van der Waals surface area contributed by atoms with Crippen LogP contribution in [0.15, 0.2) is 0 Å². The second-order valence-corrected chi connectivity index (χ2v) is 4.67. The highest BCUT2D eigenvalue weighted by atomic mass is 16.4. The summed E-state index contributed by atoms with van der Waals surface area (Å²) in [4.78, 5) is 44.3. The Morgan fingerprint density at radius 1 is 1.14 bits per heavy atom. The number of ketones is 1. The van der Waals surface area contributed by atoms with Crippen LogP contribution < -0.4 is 11.1 Å². The smallest absolute Gasteiger partial charge is 0.331 e. The molecule has 2 unspecified atom stereocenters. The van der Waals surface area contributed by atoms with Crippen molar-refractivity contribution in [2.45, 2.75) is 43.7 Å². The Labute approximate surface area is 121 Å². The van der Waals surface area contributed by atoms with Gasteiger partial charge in [-0.25, -0.2) is 4.79 Å². The van der Waals surface area contributed by atoms with E-state index in [-0.39, 0.29) is 32.1 Å². The number of carboxylic acid groups (broad SMARTS) is 3. The van der Waals surface area contributed by atoms with Gasteiger partial charge in [-0.2, -0.15) is 0 Å². The summed E-state index contributed by atoms with van der Waals surface area (Å²) < 4.78 is 0. The third kappa shape index (κ3) is 5.88. The minimum Gasteiger partial charge on any atom is -0.481 e. The average Bonchev–Trinajstić information content (AvgIpc) is 2.37. The average molecular weight is 304 g/mol. The molecule has 0 aromatic rings. The molecule has 2 atom stereocenters. The van der Waals surface area contributed by atoms with Crippen molar-refractivity contribution < 1.29 is 34.5 Å². The van der Waals surface area contributed by atoms with Gasteiger partial charge in [0.25, 0.3) is 0 Å². The van der Waals surface area contributed by atoms with Gasteiger partial charge >= 0.3 is 17.9 Å². The minimum atomic E-state index is -2.19. The fourth-order valence-electron chi connectivity index (χ4n) is 1.77. The molecule has 0 fully saturated rings. The first-order chi connectivity index (χ1) is 9.65. The van der Waals surface area contributed by atoms with Crippen LogP contribution in [0.25, 0.3) is 0 Å². The largest absolute Gasteiger partial charge is 0.481 e. The van der Waals surface area contributed by atoms with Crippen LogP contribution in [0, 0.1) is 0 Å². The van der Waals surface area contributed by atoms with Crippen LogP contribution in [0.1, 0.15) is 32.1 Å². The topological polar surface area (TPSA) is 167 Å². The van der Waals surface area contributed by atoms with Gasteiger partial charge in [-0.3, -0.25) is 14.4 Å². The van der Waals surface area contributed by atoms with Gasteiger partial charge in [0.1, 0.15) is 6.04 Å². The molecule has 0 radical (unpaired) electrons. The molecule has 0 aliphatic carbocycles. The Balaban J connectivity index is 4.71. The van der Waals surface area contributed by atoms with Gasteiger partial charge in [-0.1, -0.05) is 0 Å². The number of carbonyl (C=O) groups is 4. The predicted molar refractivity (Wildman–Crippen MR) is 70.8 cm³/mol. The van der Waals surface area contributed by atoms with E-state index in [4.69, 9.17) is 21.1 Å². The van der Waals surface area contributed by atoms with Crippen molar-refractivity contribution in [2.24, 2.45) is 5.73 Å². The van der Waals surface area contributed by atoms with E-state index in [0.717, 1.165) is 0 Å². The van der Waals surface area contributed by atoms with E-state index in [1.165, 1.54) is 7.05 Å². The summed E-state index contributed by atoms with van der Waals surface area (Å²) in [6.45, 7) is 0. The lowest BCUT2D eigenvalue weighted by molar-refractivity contribution is -0.149. The van der Waals surface area contributed by atoms with E-state index < -0.39 is 35.3 Å². The Morgan fingerprint density at radius 3 is 2.10 bits per heavy atom. The van der Waals surface area contributed by atoms with Gasteiger partial charge in [-0.15, -0.1) is 0 Å². The summed E-state index contributed by atoms with van der Waals surface area (Å²) in [5.41, 5.74) is 3.38. The maximum Gasteiger partial charge on any atom is 0.331 e. The number of aliphatic carboxylic acids is 3. The summed E-state index contributed by atoms with van der Waals surface area (Å²) in [5, 5.41) is 28.9. The number of likely N-dealkylation sites (N-methyl/N-ethyl adjacent to an activating group) is 1. The number of carboxylic acids is 3. The molecular formula is C12H20N2O7. The molecule has 21 heavy (non-hydrogen) atoms. The highest BCUT2D eigenvalue weighted by Gasteiger charge is 2.41. The molecule has 6 N–H and O–H groups in total. The van der Waals surface area contributed by atoms with Gasteiger partial charge in [0.15, 0.2) is 11.3 Å². The van der Waals surface area contributed by atoms with Crippen LogP contribution in [0.5, 0.6) is 0 Å². The van der Waals surface area contributed by atoms with E-state index in [1.54, 1.807) is 0 Å². The van der Waals surface area contributed by atoms with E-state index >= 15 is 0 Å². The fraction of sp³-hybridized carbons (Fsp3) is 0.667. The molecule has 0 aromatic carbocycles. The Bertz CT molecular complexity index is 424. The molecule has 0 aliphatic rings. The highest BCUT2D eigenvalue weighted by Crippen LogP contribution is 2.17.